The van der Waals surface area contributed by atoms with Gasteiger partial charge in [0.2, 0.25) is 5.91 Å². The Kier molecular flexibility index (Phi) is 7.91. The maximum atomic E-state index is 13.9. The molecule has 1 aliphatic rings. The molecular formula is C23H31N5O4S. The summed E-state index contributed by atoms with van der Waals surface area (Å²) >= 11 is 0.794. The van der Waals surface area contributed by atoms with E-state index in [-0.39, 0.29) is 28.2 Å². The molecule has 0 spiro atoms. The maximum Gasteiger partial charge on any atom is 0.272 e. The highest BCUT2D eigenvalue weighted by Gasteiger charge is 2.36. The van der Waals surface area contributed by atoms with E-state index < -0.39 is 17.9 Å². The molecule has 1 aromatic carbocycles. The minimum atomic E-state index is -0.813. The molecule has 10 heteroatoms. The lowest BCUT2D eigenvalue weighted by Gasteiger charge is -2.32. The molecule has 1 heterocycles. The molecule has 2 aromatic rings. The summed E-state index contributed by atoms with van der Waals surface area (Å²) in [6, 6.07) is 4.73. The van der Waals surface area contributed by atoms with Crippen LogP contribution in [0.2, 0.25) is 0 Å². The summed E-state index contributed by atoms with van der Waals surface area (Å²) in [5.74, 6) is -1.12. The molecule has 5 N–H and O–H groups in total. The number of benzene rings is 1. The van der Waals surface area contributed by atoms with E-state index in [1.165, 1.54) is 12.0 Å². The van der Waals surface area contributed by atoms with Gasteiger partial charge >= 0.3 is 0 Å². The van der Waals surface area contributed by atoms with Crippen molar-refractivity contribution in [1.29, 1.82) is 0 Å². The Morgan fingerprint density at radius 1 is 1.30 bits per heavy atom. The second kappa shape index (κ2) is 10.7. The number of amides is 3. The number of aryl methyl sites for hydroxylation is 1. The number of hydrogen-bond acceptors (Lipinski definition) is 7. The monoisotopic (exact) mass is 473 g/mol. The Bertz CT molecular complexity index is 1030. The number of rotatable bonds is 9. The molecular weight excluding hydrogens is 442 g/mol. The van der Waals surface area contributed by atoms with Crippen LogP contribution in [-0.4, -0.2) is 41.3 Å². The molecule has 3 amide bonds. The van der Waals surface area contributed by atoms with Gasteiger partial charge in [-0.25, -0.2) is 0 Å². The van der Waals surface area contributed by atoms with E-state index >= 15 is 0 Å². The van der Waals surface area contributed by atoms with Crippen LogP contribution in [-0.2, 0) is 4.79 Å². The van der Waals surface area contributed by atoms with Gasteiger partial charge in [-0.1, -0.05) is 32.3 Å². The van der Waals surface area contributed by atoms with E-state index in [0.29, 0.717) is 24.3 Å². The van der Waals surface area contributed by atoms with Gasteiger partial charge in [0.15, 0.2) is 5.69 Å². The van der Waals surface area contributed by atoms with Crippen LogP contribution < -0.4 is 26.4 Å². The van der Waals surface area contributed by atoms with Crippen molar-refractivity contribution in [2.24, 2.45) is 5.73 Å². The molecule has 1 atom stereocenters. The fourth-order valence-corrected chi connectivity index (χ4v) is 4.91. The van der Waals surface area contributed by atoms with Crippen molar-refractivity contribution in [2.75, 3.05) is 17.7 Å². The molecule has 178 valence electrons. The highest BCUT2D eigenvalue weighted by molar-refractivity contribution is 7.09. The first-order valence-electron chi connectivity index (χ1n) is 11.1. The molecule has 1 aliphatic carbocycles. The molecule has 1 fully saturated rings. The van der Waals surface area contributed by atoms with Gasteiger partial charge in [-0.15, -0.1) is 0 Å². The third kappa shape index (κ3) is 5.27. The topological polar surface area (TPSA) is 141 Å². The Morgan fingerprint density at radius 2 is 2.00 bits per heavy atom. The van der Waals surface area contributed by atoms with Crippen molar-refractivity contribution in [1.82, 2.24) is 9.69 Å². The van der Waals surface area contributed by atoms with Gasteiger partial charge in [-0.3, -0.25) is 19.3 Å². The summed E-state index contributed by atoms with van der Waals surface area (Å²) < 4.78 is 9.51. The lowest BCUT2D eigenvalue weighted by molar-refractivity contribution is -0.123. The summed E-state index contributed by atoms with van der Waals surface area (Å²) in [6.45, 7) is 3.85. The Balaban J connectivity index is 2.11. The van der Waals surface area contributed by atoms with E-state index in [9.17, 15) is 14.4 Å². The van der Waals surface area contributed by atoms with Crippen molar-refractivity contribution >= 4 is 40.6 Å². The van der Waals surface area contributed by atoms with Crippen LogP contribution in [0.25, 0.3) is 0 Å². The van der Waals surface area contributed by atoms with Crippen LogP contribution in [0.1, 0.15) is 71.2 Å². The summed E-state index contributed by atoms with van der Waals surface area (Å²) in [7, 11) is 1.51. The van der Waals surface area contributed by atoms with E-state index in [0.717, 1.165) is 42.8 Å². The van der Waals surface area contributed by atoms with Crippen molar-refractivity contribution in [3.8, 4) is 5.75 Å². The van der Waals surface area contributed by atoms with Gasteiger partial charge in [-0.2, -0.15) is 4.37 Å². The second-order valence-electron chi connectivity index (χ2n) is 8.28. The van der Waals surface area contributed by atoms with Gasteiger partial charge in [-0.05, 0) is 55.4 Å². The maximum absolute atomic E-state index is 13.9. The minimum absolute atomic E-state index is 0.0575. The zero-order valence-corrected chi connectivity index (χ0v) is 20.0. The number of nitrogens with two attached hydrogens (primary N) is 2. The average Bonchev–Trinajstić information content (AvgIpc) is 3.42. The highest BCUT2D eigenvalue weighted by atomic mass is 32.1. The molecule has 0 saturated heterocycles. The fraction of sp³-hybridized carbons (Fsp3) is 0.478. The summed E-state index contributed by atoms with van der Waals surface area (Å²) in [5.41, 5.74) is 12.5. The number of hydrogen-bond donors (Lipinski definition) is 3. The Labute approximate surface area is 197 Å². The first-order chi connectivity index (χ1) is 15.8. The Hall–Kier alpha value is -3.14. The summed E-state index contributed by atoms with van der Waals surface area (Å²) in [4.78, 5) is 40.5. The number of carbonyl (C=O) groups is 3. The molecule has 1 saturated carbocycles. The van der Waals surface area contributed by atoms with Crippen LogP contribution >= 0.6 is 11.5 Å². The van der Waals surface area contributed by atoms with Crippen molar-refractivity contribution in [2.45, 2.75) is 64.5 Å². The van der Waals surface area contributed by atoms with Crippen molar-refractivity contribution in [3.05, 3.63) is 34.3 Å². The molecule has 0 bridgehead atoms. The van der Waals surface area contributed by atoms with Crippen LogP contribution in [0.5, 0.6) is 5.75 Å². The quantitative estimate of drug-likeness (QED) is 0.511. The van der Waals surface area contributed by atoms with Gasteiger partial charge in [0.1, 0.15) is 16.7 Å². The number of anilines is 2. The van der Waals surface area contributed by atoms with Gasteiger partial charge in [0.05, 0.1) is 18.5 Å². The average molecular weight is 474 g/mol. The molecule has 33 heavy (non-hydrogen) atoms. The lowest BCUT2D eigenvalue weighted by atomic mass is 10.0. The van der Waals surface area contributed by atoms with E-state index in [2.05, 4.69) is 9.69 Å². The van der Waals surface area contributed by atoms with E-state index in [4.69, 9.17) is 16.2 Å². The third-order valence-corrected chi connectivity index (χ3v) is 6.70. The van der Waals surface area contributed by atoms with Crippen molar-refractivity contribution < 1.29 is 19.1 Å². The zero-order chi connectivity index (χ0) is 24.1. The van der Waals surface area contributed by atoms with Crippen molar-refractivity contribution in [3.63, 3.8) is 0 Å². The number of aromatic nitrogens is 1. The molecule has 3 rings (SSSR count). The van der Waals surface area contributed by atoms with Gasteiger partial charge in [0.25, 0.3) is 11.8 Å². The SMILES string of the molecule is CCCC(C(=O)NC1CCCC1)N(C(=O)c1snc(C(N)=O)c1N)c1cc(C)ccc1OC. The number of nitrogen functional groups attached to an aromatic ring is 1. The number of primary amides is 1. The molecule has 1 unspecified atom stereocenters. The van der Waals surface area contributed by atoms with Gasteiger partial charge < -0.3 is 21.5 Å². The third-order valence-electron chi connectivity index (χ3n) is 5.85. The smallest absolute Gasteiger partial charge is 0.272 e. The first kappa shape index (κ1) is 24.5. The molecule has 0 aliphatic heterocycles. The first-order valence-corrected chi connectivity index (χ1v) is 11.9. The number of ether oxygens (including phenoxy) is 1. The normalized spacial score (nSPS) is 14.6. The predicted molar refractivity (Wildman–Crippen MR) is 129 cm³/mol. The van der Waals surface area contributed by atoms with Crippen LogP contribution in [0.3, 0.4) is 0 Å². The Morgan fingerprint density at radius 3 is 2.58 bits per heavy atom. The van der Waals surface area contributed by atoms with Crippen LogP contribution in [0, 0.1) is 6.92 Å². The summed E-state index contributed by atoms with van der Waals surface area (Å²) in [6.07, 6.45) is 5.11. The standard InChI is InChI=1S/C23H31N5O4S/c1-4-7-15(22(30)26-14-8-5-6-9-14)28(16-12-13(2)10-11-17(16)32-3)23(31)20-18(24)19(21(25)29)27-33-20/h10-12,14-15H,4-9,24H2,1-3H3,(H2,25,29)(H,26,30). The van der Waals surface area contributed by atoms with E-state index in [1.54, 1.807) is 12.1 Å². The molecule has 1 aromatic heterocycles. The largest absolute Gasteiger partial charge is 0.495 e. The van der Waals surface area contributed by atoms with Crippen LogP contribution in [0.4, 0.5) is 11.4 Å². The summed E-state index contributed by atoms with van der Waals surface area (Å²) in [5, 5.41) is 3.12. The highest BCUT2D eigenvalue weighted by Crippen LogP contribution is 2.35. The minimum Gasteiger partial charge on any atom is -0.495 e. The predicted octanol–water partition coefficient (Wildman–Crippen LogP) is 3.02. The van der Waals surface area contributed by atoms with Crippen LogP contribution in [0.15, 0.2) is 18.2 Å². The van der Waals surface area contributed by atoms with Gasteiger partial charge in [0, 0.05) is 6.04 Å². The molecule has 0 radical (unpaired) electrons. The zero-order valence-electron chi connectivity index (χ0n) is 19.2. The number of methoxy groups -OCH3 is 1. The fourth-order valence-electron chi connectivity index (χ4n) is 4.16. The van der Waals surface area contributed by atoms with E-state index in [1.807, 2.05) is 19.9 Å². The number of carbonyl (C=O) groups excluding carboxylic acids is 3. The molecule has 9 nitrogen and oxygen atoms in total. The number of nitrogens with one attached hydrogen (secondary N) is 1. The number of nitrogens with zero attached hydrogens (tertiary/aromatic N) is 2. The lowest BCUT2D eigenvalue weighted by Crippen LogP contribution is -2.52. The second-order valence-corrected chi connectivity index (χ2v) is 9.06.